The molecule has 0 aliphatic heterocycles. The monoisotopic (exact) mass is 568 g/mol. The number of hydrogen-bond donors (Lipinski definition) is 1. The Kier molecular flexibility index (Phi) is 9.42. The second-order valence-corrected chi connectivity index (χ2v) is 10.4. The van der Waals surface area contributed by atoms with Gasteiger partial charge in [0.1, 0.15) is 11.8 Å². The molecule has 7 heteroatoms. The Labute approximate surface area is 225 Å². The summed E-state index contributed by atoms with van der Waals surface area (Å²) >= 11 is 9.44. The van der Waals surface area contributed by atoms with E-state index in [-0.39, 0.29) is 24.5 Å². The zero-order chi connectivity index (χ0) is 25.3. The number of nitrogens with one attached hydrogen (secondary N) is 1. The Morgan fingerprint density at radius 3 is 2.28 bits per heavy atom. The van der Waals surface area contributed by atoms with Crippen LogP contribution in [0.5, 0.6) is 5.75 Å². The molecule has 1 aliphatic rings. The molecule has 36 heavy (non-hydrogen) atoms. The molecule has 188 valence electrons. The van der Waals surface area contributed by atoms with E-state index in [1.54, 1.807) is 29.2 Å². The first kappa shape index (κ1) is 26.2. The quantitative estimate of drug-likeness (QED) is 0.317. The number of halogens is 2. The van der Waals surface area contributed by atoms with Crippen molar-refractivity contribution in [2.45, 2.75) is 50.7 Å². The van der Waals surface area contributed by atoms with E-state index >= 15 is 0 Å². The van der Waals surface area contributed by atoms with Crippen molar-refractivity contribution >= 4 is 39.3 Å². The van der Waals surface area contributed by atoms with E-state index in [0.29, 0.717) is 23.7 Å². The third-order valence-electron chi connectivity index (χ3n) is 6.41. The van der Waals surface area contributed by atoms with E-state index in [2.05, 4.69) is 21.2 Å². The zero-order valence-electron chi connectivity index (χ0n) is 20.0. The minimum Gasteiger partial charge on any atom is -0.484 e. The van der Waals surface area contributed by atoms with Crippen LogP contribution < -0.4 is 10.1 Å². The van der Waals surface area contributed by atoms with Crippen LogP contribution in [0, 0.1) is 0 Å². The minimum absolute atomic E-state index is 0.122. The second-order valence-electron chi connectivity index (χ2n) is 9.09. The summed E-state index contributed by atoms with van der Waals surface area (Å²) in [6.45, 7) is 0.117. The lowest BCUT2D eigenvalue weighted by molar-refractivity contribution is -0.143. The average Bonchev–Trinajstić information content (AvgIpc) is 3.40. The summed E-state index contributed by atoms with van der Waals surface area (Å²) in [5.74, 6) is 0.171. The van der Waals surface area contributed by atoms with Crippen molar-refractivity contribution in [1.29, 1.82) is 0 Å². The number of hydrogen-bond acceptors (Lipinski definition) is 3. The summed E-state index contributed by atoms with van der Waals surface area (Å²) in [6.07, 6.45) is 4.60. The average molecular weight is 570 g/mol. The summed E-state index contributed by atoms with van der Waals surface area (Å²) in [5.41, 5.74) is 1.93. The van der Waals surface area contributed by atoms with Gasteiger partial charge in [0, 0.05) is 28.5 Å². The molecule has 0 radical (unpaired) electrons. The number of amides is 2. The van der Waals surface area contributed by atoms with Crippen molar-refractivity contribution in [2.24, 2.45) is 0 Å². The van der Waals surface area contributed by atoms with E-state index < -0.39 is 6.04 Å². The molecule has 0 saturated heterocycles. The number of ether oxygens (including phenoxy) is 1. The second kappa shape index (κ2) is 12.9. The van der Waals surface area contributed by atoms with Crippen LogP contribution in [0.3, 0.4) is 0 Å². The number of carbonyl (C=O) groups is 2. The van der Waals surface area contributed by atoms with Gasteiger partial charge in [0.15, 0.2) is 6.61 Å². The SMILES string of the molecule is O=C(NC1CCCC1)C(Cc1ccccc1)N(Cc1ccc(Br)cc1)C(=O)COc1ccc(Cl)cc1. The molecule has 2 amide bonds. The molecule has 1 aliphatic carbocycles. The molecule has 1 fully saturated rings. The molecular formula is C29H30BrClN2O3. The highest BCUT2D eigenvalue weighted by molar-refractivity contribution is 9.10. The van der Waals surface area contributed by atoms with Crippen molar-refractivity contribution in [3.05, 3.63) is 99.5 Å². The van der Waals surface area contributed by atoms with Crippen molar-refractivity contribution < 1.29 is 14.3 Å². The predicted molar refractivity (Wildman–Crippen MR) is 146 cm³/mol. The molecular weight excluding hydrogens is 540 g/mol. The van der Waals surface area contributed by atoms with Gasteiger partial charge in [0.25, 0.3) is 5.91 Å². The number of rotatable bonds is 10. The summed E-state index contributed by atoms with van der Waals surface area (Å²) in [6, 6.07) is 24.0. The highest BCUT2D eigenvalue weighted by Gasteiger charge is 2.32. The molecule has 3 aromatic rings. The van der Waals surface area contributed by atoms with Crippen LogP contribution >= 0.6 is 27.5 Å². The lowest BCUT2D eigenvalue weighted by Gasteiger charge is -2.32. The van der Waals surface area contributed by atoms with Crippen molar-refractivity contribution in [1.82, 2.24) is 10.2 Å². The lowest BCUT2D eigenvalue weighted by atomic mass is 10.0. The normalized spacial score (nSPS) is 14.3. The van der Waals surface area contributed by atoms with Gasteiger partial charge in [-0.05, 0) is 60.4 Å². The van der Waals surface area contributed by atoms with E-state index in [0.717, 1.165) is 41.3 Å². The molecule has 3 aromatic carbocycles. The maximum Gasteiger partial charge on any atom is 0.261 e. The van der Waals surface area contributed by atoms with E-state index in [9.17, 15) is 9.59 Å². The van der Waals surface area contributed by atoms with Crippen LogP contribution in [0.25, 0.3) is 0 Å². The third kappa shape index (κ3) is 7.58. The topological polar surface area (TPSA) is 58.6 Å². The Bertz CT molecular complexity index is 1130. The predicted octanol–water partition coefficient (Wildman–Crippen LogP) is 6.18. The van der Waals surface area contributed by atoms with Crippen LogP contribution in [0.4, 0.5) is 0 Å². The molecule has 0 heterocycles. The first-order valence-electron chi connectivity index (χ1n) is 12.2. The van der Waals surface area contributed by atoms with Gasteiger partial charge in [-0.15, -0.1) is 0 Å². The van der Waals surface area contributed by atoms with Crippen LogP contribution in [0.1, 0.15) is 36.8 Å². The summed E-state index contributed by atoms with van der Waals surface area (Å²) in [5, 5.41) is 3.81. The van der Waals surface area contributed by atoms with Crippen LogP contribution in [-0.4, -0.2) is 35.4 Å². The molecule has 0 spiro atoms. The first-order chi connectivity index (χ1) is 17.5. The summed E-state index contributed by atoms with van der Waals surface area (Å²) in [7, 11) is 0. The minimum atomic E-state index is -0.669. The number of benzene rings is 3. The van der Waals surface area contributed by atoms with Gasteiger partial charge in [-0.25, -0.2) is 0 Å². The van der Waals surface area contributed by atoms with Gasteiger partial charge < -0.3 is 15.0 Å². The van der Waals surface area contributed by atoms with Gasteiger partial charge in [-0.2, -0.15) is 0 Å². The van der Waals surface area contributed by atoms with Gasteiger partial charge >= 0.3 is 0 Å². The van der Waals surface area contributed by atoms with Crippen molar-refractivity contribution in [2.75, 3.05) is 6.61 Å². The molecule has 5 nitrogen and oxygen atoms in total. The Morgan fingerprint density at radius 1 is 0.944 bits per heavy atom. The third-order valence-corrected chi connectivity index (χ3v) is 7.20. The number of nitrogens with zero attached hydrogens (tertiary/aromatic N) is 1. The van der Waals surface area contributed by atoms with Crippen molar-refractivity contribution in [3.8, 4) is 5.75 Å². The molecule has 1 unspecified atom stereocenters. The van der Waals surface area contributed by atoms with Crippen molar-refractivity contribution in [3.63, 3.8) is 0 Å². The highest BCUT2D eigenvalue weighted by Crippen LogP contribution is 2.21. The molecule has 0 bridgehead atoms. The van der Waals surface area contributed by atoms with E-state index in [1.165, 1.54) is 0 Å². The first-order valence-corrected chi connectivity index (χ1v) is 13.4. The van der Waals surface area contributed by atoms with Gasteiger partial charge in [-0.3, -0.25) is 9.59 Å². The van der Waals surface area contributed by atoms with E-state index in [1.807, 2.05) is 54.6 Å². The van der Waals surface area contributed by atoms with Crippen LogP contribution in [0.2, 0.25) is 5.02 Å². The largest absolute Gasteiger partial charge is 0.484 e. The Balaban J connectivity index is 1.59. The maximum atomic E-state index is 13.6. The van der Waals surface area contributed by atoms with Crippen LogP contribution in [-0.2, 0) is 22.6 Å². The maximum absolute atomic E-state index is 13.6. The lowest BCUT2D eigenvalue weighted by Crippen LogP contribution is -2.53. The fourth-order valence-electron chi connectivity index (χ4n) is 4.47. The summed E-state index contributed by atoms with van der Waals surface area (Å²) in [4.78, 5) is 28.9. The zero-order valence-corrected chi connectivity index (χ0v) is 22.4. The molecule has 0 aromatic heterocycles. The smallest absolute Gasteiger partial charge is 0.261 e. The highest BCUT2D eigenvalue weighted by atomic mass is 79.9. The fourth-order valence-corrected chi connectivity index (χ4v) is 4.86. The standard InChI is InChI=1S/C29H30BrClN2O3/c30-23-12-10-22(11-13-23)19-33(28(34)20-36-26-16-14-24(31)15-17-26)27(18-21-6-2-1-3-7-21)29(35)32-25-8-4-5-9-25/h1-3,6-7,10-17,25,27H,4-5,8-9,18-20H2,(H,32,35). The summed E-state index contributed by atoms with van der Waals surface area (Å²) < 4.78 is 6.74. The molecule has 4 rings (SSSR count). The van der Waals surface area contributed by atoms with E-state index in [4.69, 9.17) is 16.3 Å². The molecule has 1 atom stereocenters. The Hall–Kier alpha value is -2.83. The van der Waals surface area contributed by atoms with Gasteiger partial charge in [0.2, 0.25) is 5.91 Å². The molecule has 1 saturated carbocycles. The van der Waals surface area contributed by atoms with Gasteiger partial charge in [-0.1, -0.05) is 82.8 Å². The van der Waals surface area contributed by atoms with Gasteiger partial charge in [0.05, 0.1) is 0 Å². The Morgan fingerprint density at radius 2 is 1.61 bits per heavy atom. The molecule has 1 N–H and O–H groups in total. The van der Waals surface area contributed by atoms with Crippen LogP contribution in [0.15, 0.2) is 83.3 Å². The fraction of sp³-hybridized carbons (Fsp3) is 0.310. The number of carbonyl (C=O) groups excluding carboxylic acids is 2.